The van der Waals surface area contributed by atoms with E-state index in [-0.39, 0.29) is 5.57 Å². The van der Waals surface area contributed by atoms with Crippen molar-refractivity contribution in [2.75, 3.05) is 9.80 Å². The molecule has 0 aromatic heterocycles. The van der Waals surface area contributed by atoms with Gasteiger partial charge in [-0.25, -0.2) is 0 Å². The average Bonchev–Trinajstić information content (AvgIpc) is 2.99. The van der Waals surface area contributed by atoms with Gasteiger partial charge in [0.25, 0.3) is 0 Å². The number of benzene rings is 5. The number of hydrogen-bond donors (Lipinski definition) is 0. The Labute approximate surface area is 222 Å². The Bertz CT molecular complexity index is 1640. The van der Waals surface area contributed by atoms with E-state index < -0.39 is 0 Å². The molecule has 38 heavy (non-hydrogen) atoms. The van der Waals surface area contributed by atoms with Crippen LogP contribution in [0.25, 0.3) is 5.57 Å². The maximum absolute atomic E-state index is 9.83. The summed E-state index contributed by atoms with van der Waals surface area (Å²) >= 11 is 0. The summed E-state index contributed by atoms with van der Waals surface area (Å²) in [5.41, 5.74) is 8.37. The molecule has 0 spiro atoms. The van der Waals surface area contributed by atoms with E-state index in [9.17, 15) is 10.5 Å². The first-order valence-corrected chi connectivity index (χ1v) is 12.3. The average molecular weight is 487 g/mol. The third kappa shape index (κ3) is 3.78. The van der Waals surface area contributed by atoms with Crippen LogP contribution in [0.2, 0.25) is 0 Å². The zero-order valence-corrected chi connectivity index (χ0v) is 20.5. The van der Waals surface area contributed by atoms with Gasteiger partial charge < -0.3 is 9.80 Å². The summed E-state index contributed by atoms with van der Waals surface area (Å²) in [5, 5.41) is 19.7. The Morgan fingerprint density at radius 1 is 0.500 bits per heavy atom. The lowest BCUT2D eigenvalue weighted by Gasteiger charge is -2.37. The van der Waals surface area contributed by atoms with E-state index in [2.05, 4.69) is 58.3 Å². The Hall–Kier alpha value is -5.58. The van der Waals surface area contributed by atoms with Gasteiger partial charge in [0.05, 0.1) is 22.7 Å². The molecule has 0 amide bonds. The number of fused-ring (bicyclic) bond motifs is 2. The Balaban J connectivity index is 1.65. The highest BCUT2D eigenvalue weighted by atomic mass is 15.2. The number of para-hydroxylation sites is 6. The highest BCUT2D eigenvalue weighted by Gasteiger charge is 2.31. The fourth-order valence-electron chi connectivity index (χ4n) is 5.12. The van der Waals surface area contributed by atoms with Gasteiger partial charge in [-0.3, -0.25) is 0 Å². The van der Waals surface area contributed by atoms with Gasteiger partial charge >= 0.3 is 0 Å². The second-order valence-corrected chi connectivity index (χ2v) is 8.84. The second-order valence-electron chi connectivity index (χ2n) is 8.84. The molecule has 6 rings (SSSR count). The summed E-state index contributed by atoms with van der Waals surface area (Å²) in [4.78, 5) is 4.48. The van der Waals surface area contributed by atoms with Gasteiger partial charge in [0, 0.05) is 28.1 Å². The van der Waals surface area contributed by atoms with Gasteiger partial charge in [-0.2, -0.15) is 10.5 Å². The maximum Gasteiger partial charge on any atom is 0.138 e. The molecule has 0 radical (unpaired) electrons. The number of hydrogen-bond acceptors (Lipinski definition) is 4. The minimum Gasteiger partial charge on any atom is -0.308 e. The van der Waals surface area contributed by atoms with Gasteiger partial charge in [0.2, 0.25) is 0 Å². The van der Waals surface area contributed by atoms with Crippen LogP contribution < -0.4 is 9.80 Å². The van der Waals surface area contributed by atoms with Gasteiger partial charge in [0.1, 0.15) is 17.7 Å². The van der Waals surface area contributed by atoms with Crippen LogP contribution in [0.3, 0.4) is 0 Å². The lowest BCUT2D eigenvalue weighted by atomic mass is 9.87. The van der Waals surface area contributed by atoms with E-state index in [4.69, 9.17) is 0 Å². The van der Waals surface area contributed by atoms with Crippen LogP contribution in [0, 0.1) is 22.7 Å². The van der Waals surface area contributed by atoms with Gasteiger partial charge in [-0.05, 0) is 48.5 Å². The van der Waals surface area contributed by atoms with Gasteiger partial charge in [-0.15, -0.1) is 0 Å². The van der Waals surface area contributed by atoms with E-state index in [1.807, 2.05) is 97.1 Å². The number of rotatable bonds is 4. The fraction of sp³-hybridized carbons (Fsp3) is 0. The minimum absolute atomic E-state index is 0.105. The normalized spacial score (nSPS) is 11.5. The van der Waals surface area contributed by atoms with E-state index in [0.29, 0.717) is 5.57 Å². The minimum atomic E-state index is 0.105. The van der Waals surface area contributed by atoms with Crippen molar-refractivity contribution in [2.45, 2.75) is 0 Å². The first-order chi connectivity index (χ1) is 18.8. The van der Waals surface area contributed by atoms with Crippen molar-refractivity contribution in [1.29, 1.82) is 10.5 Å². The van der Waals surface area contributed by atoms with Crippen LogP contribution in [0.1, 0.15) is 11.1 Å². The third-order valence-corrected chi connectivity index (χ3v) is 6.69. The lowest BCUT2D eigenvalue weighted by Crippen LogP contribution is -2.21. The molecule has 0 atom stereocenters. The van der Waals surface area contributed by atoms with Crippen molar-refractivity contribution < 1.29 is 0 Å². The van der Waals surface area contributed by atoms with Gasteiger partial charge in [-0.1, -0.05) is 84.9 Å². The molecule has 178 valence electrons. The molecular weight excluding hydrogens is 464 g/mol. The molecule has 1 heterocycles. The molecule has 4 nitrogen and oxygen atoms in total. The first kappa shape index (κ1) is 22.9. The standard InChI is InChI=1S/C34H22N4/c35-23-25(24-36)34-28-17-7-9-19-30(28)38(31-20-10-8-18-29(31)34)33-22-12-11-21-32(33)37(26-13-3-1-4-14-26)27-15-5-2-6-16-27/h1-22H. The van der Waals surface area contributed by atoms with Crippen LogP contribution in [0.5, 0.6) is 0 Å². The topological polar surface area (TPSA) is 54.1 Å². The highest BCUT2D eigenvalue weighted by molar-refractivity contribution is 6.05. The van der Waals surface area contributed by atoms with Crippen molar-refractivity contribution in [1.82, 2.24) is 0 Å². The Morgan fingerprint density at radius 3 is 1.42 bits per heavy atom. The smallest absolute Gasteiger partial charge is 0.138 e. The molecule has 1 aliphatic heterocycles. The summed E-state index contributed by atoms with van der Waals surface area (Å²) in [6.45, 7) is 0. The summed E-state index contributed by atoms with van der Waals surface area (Å²) in [5.74, 6) is 0. The predicted octanol–water partition coefficient (Wildman–Crippen LogP) is 8.79. The van der Waals surface area contributed by atoms with Crippen LogP contribution in [-0.4, -0.2) is 0 Å². The molecule has 0 bridgehead atoms. The molecule has 4 heteroatoms. The monoisotopic (exact) mass is 486 g/mol. The summed E-state index contributed by atoms with van der Waals surface area (Å²) in [7, 11) is 0. The molecule has 0 saturated heterocycles. The van der Waals surface area contributed by atoms with Crippen LogP contribution in [0.15, 0.2) is 139 Å². The predicted molar refractivity (Wildman–Crippen MR) is 153 cm³/mol. The van der Waals surface area contributed by atoms with Crippen LogP contribution in [-0.2, 0) is 0 Å². The lowest BCUT2D eigenvalue weighted by molar-refractivity contribution is 1.20. The van der Waals surface area contributed by atoms with E-state index in [1.165, 1.54) is 0 Å². The van der Waals surface area contributed by atoms with Crippen LogP contribution in [0.4, 0.5) is 34.1 Å². The number of nitrogens with zero attached hydrogens (tertiary/aromatic N) is 4. The number of anilines is 6. The maximum atomic E-state index is 9.83. The largest absolute Gasteiger partial charge is 0.308 e. The quantitative estimate of drug-likeness (QED) is 0.234. The molecule has 5 aromatic carbocycles. The number of allylic oxidation sites excluding steroid dienone is 1. The zero-order chi connectivity index (χ0) is 25.9. The highest BCUT2D eigenvalue weighted by Crippen LogP contribution is 2.52. The molecular formula is C34H22N4. The molecule has 5 aromatic rings. The molecule has 0 unspecified atom stereocenters. The van der Waals surface area contributed by atoms with Gasteiger partial charge in [0.15, 0.2) is 0 Å². The van der Waals surface area contributed by atoms with Crippen molar-refractivity contribution in [3.63, 3.8) is 0 Å². The molecule has 0 N–H and O–H groups in total. The molecule has 1 aliphatic rings. The zero-order valence-electron chi connectivity index (χ0n) is 20.5. The molecule has 0 fully saturated rings. The SMILES string of the molecule is N#CC(C#N)=C1c2ccccc2N(c2ccccc2N(c2ccccc2)c2ccccc2)c2ccccc21. The van der Waals surface area contributed by atoms with Crippen LogP contribution >= 0.6 is 0 Å². The fourth-order valence-corrected chi connectivity index (χ4v) is 5.12. The van der Waals surface area contributed by atoms with E-state index in [0.717, 1.165) is 45.3 Å². The van der Waals surface area contributed by atoms with Crippen molar-refractivity contribution in [3.8, 4) is 12.1 Å². The van der Waals surface area contributed by atoms with E-state index in [1.54, 1.807) is 0 Å². The number of nitriles is 2. The molecule has 0 aliphatic carbocycles. The summed E-state index contributed by atoms with van der Waals surface area (Å²) in [6, 6.07) is 49.2. The van der Waals surface area contributed by atoms with E-state index >= 15 is 0 Å². The Kier molecular flexibility index (Phi) is 5.91. The van der Waals surface area contributed by atoms with Crippen molar-refractivity contribution in [2.24, 2.45) is 0 Å². The molecule has 0 saturated carbocycles. The van der Waals surface area contributed by atoms with Crippen molar-refractivity contribution >= 4 is 39.7 Å². The van der Waals surface area contributed by atoms with Crippen molar-refractivity contribution in [3.05, 3.63) is 150 Å². The first-order valence-electron chi connectivity index (χ1n) is 12.3. The second kappa shape index (κ2) is 9.82. The summed E-state index contributed by atoms with van der Waals surface area (Å²) in [6.07, 6.45) is 0. The third-order valence-electron chi connectivity index (χ3n) is 6.69. The summed E-state index contributed by atoms with van der Waals surface area (Å²) < 4.78 is 0. The Morgan fingerprint density at radius 2 is 0.921 bits per heavy atom.